The van der Waals surface area contributed by atoms with Crippen molar-refractivity contribution in [2.24, 2.45) is 0 Å². The third kappa shape index (κ3) is 4.16. The zero-order valence-electron chi connectivity index (χ0n) is 12.3. The number of carbonyl (C=O) groups is 1. The van der Waals surface area contributed by atoms with E-state index < -0.39 is 0 Å². The lowest BCUT2D eigenvalue weighted by molar-refractivity contribution is 0.102. The Bertz CT molecular complexity index is 871. The van der Waals surface area contributed by atoms with E-state index >= 15 is 0 Å². The number of nitriles is 1. The highest BCUT2D eigenvalue weighted by molar-refractivity contribution is 8.00. The molecule has 0 aliphatic heterocycles. The number of pyridine rings is 1. The molecule has 0 saturated heterocycles. The molecule has 0 bridgehead atoms. The molecule has 3 aromatic rings. The summed E-state index contributed by atoms with van der Waals surface area (Å²) < 4.78 is 0.765. The van der Waals surface area contributed by atoms with Gasteiger partial charge in [-0.25, -0.2) is 0 Å². The van der Waals surface area contributed by atoms with E-state index in [1.807, 2.05) is 12.1 Å². The number of rotatable bonds is 5. The Morgan fingerprint density at radius 3 is 2.79 bits per heavy atom. The summed E-state index contributed by atoms with van der Waals surface area (Å²) in [6.07, 6.45) is 3.11. The van der Waals surface area contributed by atoms with Crippen LogP contribution in [0.4, 0.5) is 5.13 Å². The first-order chi connectivity index (χ1) is 11.7. The summed E-state index contributed by atoms with van der Waals surface area (Å²) in [4.78, 5) is 15.9. The minimum atomic E-state index is -0.261. The van der Waals surface area contributed by atoms with Crippen molar-refractivity contribution < 1.29 is 4.79 Å². The van der Waals surface area contributed by atoms with Crippen LogP contribution in [0.15, 0.2) is 53.1 Å². The van der Waals surface area contributed by atoms with Crippen LogP contribution in [0.3, 0.4) is 0 Å². The van der Waals surface area contributed by atoms with Crippen molar-refractivity contribution in [3.05, 3.63) is 65.5 Å². The number of hydrogen-bond acceptors (Lipinski definition) is 7. The average Bonchev–Trinajstić information content (AvgIpc) is 3.08. The fraction of sp³-hybridized carbons (Fsp3) is 0.0625. The summed E-state index contributed by atoms with van der Waals surface area (Å²) in [5.74, 6) is 0.458. The third-order valence-corrected chi connectivity index (χ3v) is 5.04. The van der Waals surface area contributed by atoms with Gasteiger partial charge in [0, 0.05) is 18.1 Å². The number of nitrogens with one attached hydrogen (secondary N) is 1. The number of anilines is 1. The molecule has 1 N–H and O–H groups in total. The average molecular weight is 353 g/mol. The molecule has 0 fully saturated rings. The summed E-state index contributed by atoms with van der Waals surface area (Å²) in [6.45, 7) is 0. The van der Waals surface area contributed by atoms with Crippen molar-refractivity contribution in [1.29, 1.82) is 5.26 Å². The quantitative estimate of drug-likeness (QED) is 0.559. The summed E-state index contributed by atoms with van der Waals surface area (Å²) in [7, 11) is 0. The van der Waals surface area contributed by atoms with Gasteiger partial charge in [-0.05, 0) is 29.8 Å². The Balaban J connectivity index is 1.57. The van der Waals surface area contributed by atoms with Gasteiger partial charge in [-0.3, -0.25) is 15.1 Å². The highest BCUT2D eigenvalue weighted by Gasteiger charge is 2.10. The molecule has 2 aromatic heterocycles. The van der Waals surface area contributed by atoms with E-state index in [4.69, 9.17) is 5.26 Å². The SMILES string of the molecule is N#Cc1ccc(CSc2nnc(NC(=O)c3cccnc3)s2)cc1. The lowest BCUT2D eigenvalue weighted by Crippen LogP contribution is -2.11. The fourth-order valence-electron chi connectivity index (χ4n) is 1.81. The van der Waals surface area contributed by atoms with Crippen molar-refractivity contribution in [3.8, 4) is 6.07 Å². The van der Waals surface area contributed by atoms with E-state index in [2.05, 4.69) is 26.6 Å². The summed E-state index contributed by atoms with van der Waals surface area (Å²) in [6, 6.07) is 12.9. The van der Waals surface area contributed by atoms with Gasteiger partial charge in [0.05, 0.1) is 17.2 Å². The Hall–Kier alpha value is -2.76. The second-order valence-corrected chi connectivity index (χ2v) is 6.87. The maximum Gasteiger partial charge on any atom is 0.259 e. The van der Waals surface area contributed by atoms with Gasteiger partial charge in [-0.15, -0.1) is 10.2 Å². The van der Waals surface area contributed by atoms with Crippen molar-refractivity contribution in [1.82, 2.24) is 15.2 Å². The van der Waals surface area contributed by atoms with Crippen LogP contribution in [-0.2, 0) is 5.75 Å². The van der Waals surface area contributed by atoms with Crippen LogP contribution in [0.25, 0.3) is 0 Å². The number of nitrogens with zero attached hydrogens (tertiary/aromatic N) is 4. The molecule has 3 rings (SSSR count). The zero-order chi connectivity index (χ0) is 16.8. The Morgan fingerprint density at radius 1 is 1.25 bits per heavy atom. The molecule has 0 aliphatic rings. The molecule has 8 heteroatoms. The smallest absolute Gasteiger partial charge is 0.259 e. The van der Waals surface area contributed by atoms with Crippen molar-refractivity contribution in [2.75, 3.05) is 5.32 Å². The number of amides is 1. The van der Waals surface area contributed by atoms with Crippen LogP contribution < -0.4 is 5.32 Å². The summed E-state index contributed by atoms with van der Waals surface area (Å²) in [5.41, 5.74) is 2.20. The second-order valence-electron chi connectivity index (χ2n) is 4.67. The van der Waals surface area contributed by atoms with Crippen LogP contribution in [0.5, 0.6) is 0 Å². The molecule has 0 aliphatic carbocycles. The topological polar surface area (TPSA) is 91.6 Å². The van der Waals surface area contributed by atoms with Crippen LogP contribution in [0.2, 0.25) is 0 Å². The predicted molar refractivity (Wildman–Crippen MR) is 92.8 cm³/mol. The first-order valence-electron chi connectivity index (χ1n) is 6.91. The van der Waals surface area contributed by atoms with Gasteiger partial charge in [-0.2, -0.15) is 5.26 Å². The van der Waals surface area contributed by atoms with Gasteiger partial charge < -0.3 is 0 Å². The maximum absolute atomic E-state index is 12.0. The van der Waals surface area contributed by atoms with E-state index in [0.29, 0.717) is 16.3 Å². The fourth-order valence-corrected chi connectivity index (χ4v) is 3.51. The number of benzene rings is 1. The van der Waals surface area contributed by atoms with Crippen molar-refractivity contribution in [3.63, 3.8) is 0 Å². The molecule has 118 valence electrons. The van der Waals surface area contributed by atoms with Crippen LogP contribution in [0.1, 0.15) is 21.5 Å². The van der Waals surface area contributed by atoms with E-state index in [1.165, 1.54) is 29.3 Å². The Kier molecular flexibility index (Phi) is 5.15. The van der Waals surface area contributed by atoms with Gasteiger partial charge in [0.25, 0.3) is 5.91 Å². The monoisotopic (exact) mass is 353 g/mol. The molecule has 0 unspecified atom stereocenters. The van der Waals surface area contributed by atoms with Crippen molar-refractivity contribution in [2.45, 2.75) is 10.1 Å². The molecular formula is C16H11N5OS2. The van der Waals surface area contributed by atoms with Gasteiger partial charge in [0.15, 0.2) is 4.34 Å². The third-order valence-electron chi connectivity index (χ3n) is 3.00. The van der Waals surface area contributed by atoms with E-state index in [-0.39, 0.29) is 5.91 Å². The molecule has 1 amide bonds. The van der Waals surface area contributed by atoms with Crippen molar-refractivity contribution >= 4 is 34.1 Å². The van der Waals surface area contributed by atoms with E-state index in [1.54, 1.807) is 30.5 Å². The Labute approximate surface area is 146 Å². The number of carbonyl (C=O) groups excluding carboxylic acids is 1. The van der Waals surface area contributed by atoms with Gasteiger partial charge >= 0.3 is 0 Å². The molecule has 0 radical (unpaired) electrons. The van der Waals surface area contributed by atoms with Gasteiger partial charge in [0.2, 0.25) is 5.13 Å². The van der Waals surface area contributed by atoms with Gasteiger partial charge in [-0.1, -0.05) is 35.2 Å². The molecule has 0 saturated carbocycles. The highest BCUT2D eigenvalue weighted by atomic mass is 32.2. The molecular weight excluding hydrogens is 342 g/mol. The second kappa shape index (κ2) is 7.68. The number of thioether (sulfide) groups is 1. The molecule has 0 spiro atoms. The lowest BCUT2D eigenvalue weighted by atomic mass is 10.2. The minimum absolute atomic E-state index is 0.261. The first kappa shape index (κ1) is 16.1. The molecule has 1 aromatic carbocycles. The van der Waals surface area contributed by atoms with Crippen LogP contribution in [-0.4, -0.2) is 21.1 Å². The minimum Gasteiger partial charge on any atom is -0.296 e. The lowest BCUT2D eigenvalue weighted by Gasteiger charge is -1.99. The van der Waals surface area contributed by atoms with E-state index in [0.717, 1.165) is 15.7 Å². The normalized spacial score (nSPS) is 10.1. The summed E-state index contributed by atoms with van der Waals surface area (Å²) in [5, 5.41) is 20.0. The number of hydrogen-bond donors (Lipinski definition) is 1. The van der Waals surface area contributed by atoms with Crippen LogP contribution >= 0.6 is 23.1 Å². The number of aromatic nitrogens is 3. The Morgan fingerprint density at radius 2 is 2.08 bits per heavy atom. The molecule has 24 heavy (non-hydrogen) atoms. The molecule has 2 heterocycles. The highest BCUT2D eigenvalue weighted by Crippen LogP contribution is 2.28. The summed E-state index contributed by atoms with van der Waals surface area (Å²) >= 11 is 2.85. The first-order valence-corrected chi connectivity index (χ1v) is 8.71. The maximum atomic E-state index is 12.0. The zero-order valence-corrected chi connectivity index (χ0v) is 14.0. The van der Waals surface area contributed by atoms with Gasteiger partial charge in [0.1, 0.15) is 0 Å². The standard InChI is InChI=1S/C16H11N5OS2/c17-8-11-3-5-12(6-4-11)10-23-16-21-20-15(24-16)19-14(22)13-2-1-7-18-9-13/h1-7,9H,10H2,(H,19,20,22). The van der Waals surface area contributed by atoms with Crippen LogP contribution in [0, 0.1) is 11.3 Å². The predicted octanol–water partition coefficient (Wildman–Crippen LogP) is 3.35. The molecule has 6 nitrogen and oxygen atoms in total. The largest absolute Gasteiger partial charge is 0.296 e. The van der Waals surface area contributed by atoms with E-state index in [9.17, 15) is 4.79 Å². The molecule has 0 atom stereocenters.